The van der Waals surface area contributed by atoms with Crippen LogP contribution in [0.25, 0.3) is 23.4 Å². The molecule has 0 aliphatic rings. The van der Waals surface area contributed by atoms with Crippen molar-refractivity contribution >= 4 is 46.7 Å². The lowest BCUT2D eigenvalue weighted by Crippen LogP contribution is -1.82. The van der Waals surface area contributed by atoms with Crippen molar-refractivity contribution in [3.8, 4) is 17.0 Å². The largest absolute Gasteiger partial charge is 0.497 e. The maximum Gasteiger partial charge on any atom is 0.118 e. The summed E-state index contributed by atoms with van der Waals surface area (Å²) in [7, 11) is 1.66. The van der Waals surface area contributed by atoms with E-state index in [1.807, 2.05) is 53.9 Å². The molecule has 0 atom stereocenters. The van der Waals surface area contributed by atoms with Gasteiger partial charge in [0.1, 0.15) is 10.8 Å². The quantitative estimate of drug-likeness (QED) is 0.544. The first kappa shape index (κ1) is 16.1. The van der Waals surface area contributed by atoms with E-state index in [-0.39, 0.29) is 0 Å². The number of nitrogens with zero attached hydrogens (tertiary/aromatic N) is 1. The summed E-state index contributed by atoms with van der Waals surface area (Å²) in [5, 5.41) is 4.07. The number of rotatable bonds is 4. The maximum atomic E-state index is 6.02. The zero-order valence-electron chi connectivity index (χ0n) is 12.3. The van der Waals surface area contributed by atoms with E-state index in [2.05, 4.69) is 4.98 Å². The third-order valence-electron chi connectivity index (χ3n) is 3.27. The van der Waals surface area contributed by atoms with Gasteiger partial charge in [-0.2, -0.15) is 0 Å². The van der Waals surface area contributed by atoms with Gasteiger partial charge in [-0.05, 0) is 48.0 Å². The van der Waals surface area contributed by atoms with Gasteiger partial charge in [-0.25, -0.2) is 4.98 Å². The summed E-state index contributed by atoms with van der Waals surface area (Å²) in [6.07, 6.45) is 3.94. The Morgan fingerprint density at radius 2 is 1.78 bits per heavy atom. The number of thiazole rings is 1. The number of ether oxygens (including phenoxy) is 1. The van der Waals surface area contributed by atoms with Gasteiger partial charge >= 0.3 is 0 Å². The van der Waals surface area contributed by atoms with Crippen LogP contribution in [0.4, 0.5) is 0 Å². The highest BCUT2D eigenvalue weighted by Gasteiger charge is 2.03. The number of benzene rings is 2. The molecule has 23 heavy (non-hydrogen) atoms. The third kappa shape index (κ3) is 3.94. The summed E-state index contributed by atoms with van der Waals surface area (Å²) in [5.41, 5.74) is 3.00. The Hall–Kier alpha value is -1.81. The lowest BCUT2D eigenvalue weighted by Gasteiger charge is -2.00. The molecular formula is C18H13Cl2NOS. The summed E-state index contributed by atoms with van der Waals surface area (Å²) in [4.78, 5) is 4.62. The molecule has 2 nitrogen and oxygen atoms in total. The maximum absolute atomic E-state index is 6.02. The van der Waals surface area contributed by atoms with E-state index >= 15 is 0 Å². The molecule has 5 heteroatoms. The topological polar surface area (TPSA) is 22.1 Å². The van der Waals surface area contributed by atoms with Crippen molar-refractivity contribution in [2.45, 2.75) is 0 Å². The Balaban J connectivity index is 1.78. The highest BCUT2D eigenvalue weighted by Crippen LogP contribution is 2.26. The molecule has 0 N–H and O–H groups in total. The summed E-state index contributed by atoms with van der Waals surface area (Å²) >= 11 is 13.5. The molecule has 1 heterocycles. The molecular weight excluding hydrogens is 349 g/mol. The molecule has 0 unspecified atom stereocenters. The first-order valence-electron chi connectivity index (χ1n) is 6.89. The Bertz CT molecular complexity index is 840. The van der Waals surface area contributed by atoms with Gasteiger partial charge in [0.2, 0.25) is 0 Å². The minimum atomic E-state index is 0.548. The molecule has 0 fully saturated rings. The Morgan fingerprint density at radius 3 is 2.48 bits per heavy atom. The standard InChI is InChI=1S/C18H13Cl2NOS/c1-22-14-6-4-13(5-7-14)17-11-23-18(21-17)9-3-12-2-8-15(19)16(20)10-12/h2-11H,1H3/b9-3+. The minimum Gasteiger partial charge on any atom is -0.497 e. The SMILES string of the molecule is COc1ccc(-c2csc(/C=C/c3ccc(Cl)c(Cl)c3)n2)cc1. The average molecular weight is 362 g/mol. The van der Waals surface area contributed by atoms with Crippen molar-refractivity contribution in [3.05, 3.63) is 68.5 Å². The van der Waals surface area contributed by atoms with E-state index in [9.17, 15) is 0 Å². The van der Waals surface area contributed by atoms with Crippen molar-refractivity contribution in [2.75, 3.05) is 7.11 Å². The first-order chi connectivity index (χ1) is 11.2. The second-order valence-corrected chi connectivity index (χ2v) is 6.51. The first-order valence-corrected chi connectivity index (χ1v) is 8.52. The van der Waals surface area contributed by atoms with E-state index < -0.39 is 0 Å². The molecule has 0 spiro atoms. The van der Waals surface area contributed by atoms with Crippen molar-refractivity contribution in [1.82, 2.24) is 4.98 Å². The van der Waals surface area contributed by atoms with Crippen molar-refractivity contribution in [1.29, 1.82) is 0 Å². The van der Waals surface area contributed by atoms with Gasteiger partial charge in [-0.1, -0.05) is 35.3 Å². The Labute approximate surface area is 149 Å². The zero-order valence-corrected chi connectivity index (χ0v) is 14.6. The highest BCUT2D eigenvalue weighted by molar-refractivity contribution is 7.10. The molecule has 0 aliphatic heterocycles. The molecule has 3 rings (SSSR count). The molecule has 0 saturated carbocycles. The second kappa shape index (κ2) is 7.18. The molecule has 0 saturated heterocycles. The molecule has 1 aromatic heterocycles. The van der Waals surface area contributed by atoms with Gasteiger partial charge in [0.25, 0.3) is 0 Å². The summed E-state index contributed by atoms with van der Waals surface area (Å²) < 4.78 is 5.17. The summed E-state index contributed by atoms with van der Waals surface area (Å²) in [5.74, 6) is 0.837. The van der Waals surface area contributed by atoms with E-state index in [1.165, 1.54) is 0 Å². The van der Waals surface area contributed by atoms with Crippen LogP contribution in [0, 0.1) is 0 Å². The van der Waals surface area contributed by atoms with Gasteiger partial charge in [-0.15, -0.1) is 11.3 Å². The minimum absolute atomic E-state index is 0.548. The van der Waals surface area contributed by atoms with Gasteiger partial charge in [-0.3, -0.25) is 0 Å². The third-order valence-corrected chi connectivity index (χ3v) is 4.82. The molecule has 116 valence electrons. The van der Waals surface area contributed by atoms with Gasteiger partial charge in [0.05, 0.1) is 22.8 Å². The van der Waals surface area contributed by atoms with E-state index in [0.29, 0.717) is 10.0 Å². The average Bonchev–Trinajstić information content (AvgIpc) is 3.05. The smallest absolute Gasteiger partial charge is 0.118 e. The Kier molecular flexibility index (Phi) is 5.01. The highest BCUT2D eigenvalue weighted by atomic mass is 35.5. The second-order valence-electron chi connectivity index (χ2n) is 4.81. The fourth-order valence-electron chi connectivity index (χ4n) is 2.04. The predicted octanol–water partition coefficient (Wildman–Crippen LogP) is 6.30. The van der Waals surface area contributed by atoms with Crippen LogP contribution in [-0.2, 0) is 0 Å². The normalized spacial score (nSPS) is 11.1. The van der Waals surface area contributed by atoms with Crippen molar-refractivity contribution in [2.24, 2.45) is 0 Å². The van der Waals surface area contributed by atoms with Crippen LogP contribution >= 0.6 is 34.5 Å². The van der Waals surface area contributed by atoms with E-state index in [4.69, 9.17) is 27.9 Å². The number of halogens is 2. The number of methoxy groups -OCH3 is 1. The molecule has 0 radical (unpaired) electrons. The fraction of sp³-hybridized carbons (Fsp3) is 0.0556. The molecule has 0 aliphatic carbocycles. The van der Waals surface area contributed by atoms with Crippen LogP contribution in [-0.4, -0.2) is 12.1 Å². The van der Waals surface area contributed by atoms with Crippen molar-refractivity contribution < 1.29 is 4.74 Å². The Morgan fingerprint density at radius 1 is 1.00 bits per heavy atom. The van der Waals surface area contributed by atoms with Crippen LogP contribution in [0.15, 0.2) is 47.8 Å². The summed E-state index contributed by atoms with van der Waals surface area (Å²) in [6, 6.07) is 13.4. The van der Waals surface area contributed by atoms with Crippen LogP contribution < -0.4 is 4.74 Å². The van der Waals surface area contributed by atoms with Gasteiger partial charge < -0.3 is 4.74 Å². The molecule has 0 amide bonds. The zero-order chi connectivity index (χ0) is 16.2. The molecule has 0 bridgehead atoms. The predicted molar refractivity (Wildman–Crippen MR) is 99.5 cm³/mol. The number of hydrogen-bond donors (Lipinski definition) is 0. The van der Waals surface area contributed by atoms with Crippen LogP contribution in [0.1, 0.15) is 10.6 Å². The monoisotopic (exact) mass is 361 g/mol. The van der Waals surface area contributed by atoms with Crippen LogP contribution in [0.2, 0.25) is 10.0 Å². The van der Waals surface area contributed by atoms with E-state index in [1.54, 1.807) is 24.5 Å². The molecule has 3 aromatic rings. The lowest BCUT2D eigenvalue weighted by atomic mass is 10.2. The van der Waals surface area contributed by atoms with Crippen molar-refractivity contribution in [3.63, 3.8) is 0 Å². The number of hydrogen-bond acceptors (Lipinski definition) is 3. The van der Waals surface area contributed by atoms with E-state index in [0.717, 1.165) is 27.6 Å². The summed E-state index contributed by atoms with van der Waals surface area (Å²) in [6.45, 7) is 0. The van der Waals surface area contributed by atoms with Crippen LogP contribution in [0.3, 0.4) is 0 Å². The lowest BCUT2D eigenvalue weighted by molar-refractivity contribution is 0.415. The van der Waals surface area contributed by atoms with Gasteiger partial charge in [0, 0.05) is 10.9 Å². The molecule has 2 aromatic carbocycles. The fourth-order valence-corrected chi connectivity index (χ4v) is 3.07. The van der Waals surface area contributed by atoms with Crippen LogP contribution in [0.5, 0.6) is 5.75 Å². The van der Waals surface area contributed by atoms with Gasteiger partial charge in [0.15, 0.2) is 0 Å². The number of aromatic nitrogens is 1.